The molecule has 0 aliphatic carbocycles. The van der Waals surface area contributed by atoms with Crippen molar-refractivity contribution in [2.75, 3.05) is 38.3 Å². The number of hydrogen-bond acceptors (Lipinski definition) is 6. The largest absolute Gasteiger partial charge is 0.489 e. The highest BCUT2D eigenvalue weighted by Crippen LogP contribution is 2.28. The van der Waals surface area contributed by atoms with Gasteiger partial charge in [-0.1, -0.05) is 0 Å². The van der Waals surface area contributed by atoms with Gasteiger partial charge in [-0.3, -0.25) is 0 Å². The normalized spacial score (nSPS) is 11.6. The summed E-state index contributed by atoms with van der Waals surface area (Å²) in [6, 6.07) is 7.46. The summed E-state index contributed by atoms with van der Waals surface area (Å²) in [4.78, 5) is 6.44. The number of anilines is 1. The molecule has 7 heteroatoms. The number of hydrogen-bond donors (Lipinski definition) is 2. The van der Waals surface area contributed by atoms with Crippen LogP contribution in [0, 0.1) is 0 Å². The standard InChI is InChI=1S/C16H20FN3O2S/c1-20(6-7-21)15-11-23-16(19-15)13-2-4-14(5-3-13)22-10-12(8-17)9-18/h2-5,8,11,21H,6-7,9-10,18H2,1H3/b12-8+. The lowest BCUT2D eigenvalue weighted by atomic mass is 10.2. The van der Waals surface area contributed by atoms with Crippen molar-refractivity contribution in [2.24, 2.45) is 5.73 Å². The Balaban J connectivity index is 2.02. The van der Waals surface area contributed by atoms with Crippen molar-refractivity contribution in [1.29, 1.82) is 0 Å². The number of aliphatic hydroxyl groups is 1. The maximum Gasteiger partial charge on any atom is 0.140 e. The van der Waals surface area contributed by atoms with Crippen LogP contribution >= 0.6 is 11.3 Å². The van der Waals surface area contributed by atoms with E-state index in [-0.39, 0.29) is 19.8 Å². The second-order valence-corrected chi connectivity index (χ2v) is 5.80. The molecule has 3 N–H and O–H groups in total. The third-order valence-corrected chi connectivity index (χ3v) is 4.14. The number of benzene rings is 1. The van der Waals surface area contributed by atoms with E-state index < -0.39 is 0 Å². The van der Waals surface area contributed by atoms with Crippen molar-refractivity contribution < 1.29 is 14.2 Å². The minimum Gasteiger partial charge on any atom is -0.489 e. The van der Waals surface area contributed by atoms with Gasteiger partial charge in [0, 0.05) is 36.7 Å². The second-order valence-electron chi connectivity index (χ2n) is 4.94. The number of nitrogens with zero attached hydrogens (tertiary/aromatic N) is 2. The first-order chi connectivity index (χ1) is 11.2. The average Bonchev–Trinajstić information content (AvgIpc) is 3.07. The zero-order valence-corrected chi connectivity index (χ0v) is 13.7. The smallest absolute Gasteiger partial charge is 0.140 e. The number of halogens is 1. The maximum atomic E-state index is 12.4. The van der Waals surface area contributed by atoms with Crippen LogP contribution in [-0.4, -0.2) is 43.4 Å². The second kappa shape index (κ2) is 8.61. The molecule has 0 saturated heterocycles. The summed E-state index contributed by atoms with van der Waals surface area (Å²) in [5.74, 6) is 1.48. The number of ether oxygens (including phenoxy) is 1. The van der Waals surface area contributed by atoms with Crippen LogP contribution in [-0.2, 0) is 0 Å². The van der Waals surface area contributed by atoms with E-state index >= 15 is 0 Å². The lowest BCUT2D eigenvalue weighted by Gasteiger charge is -2.13. The first-order valence-electron chi connectivity index (χ1n) is 7.17. The predicted molar refractivity (Wildman–Crippen MR) is 91.6 cm³/mol. The molecule has 1 aromatic carbocycles. The maximum absolute atomic E-state index is 12.4. The highest BCUT2D eigenvalue weighted by atomic mass is 32.1. The Morgan fingerprint density at radius 2 is 2.17 bits per heavy atom. The molecule has 2 rings (SSSR count). The monoisotopic (exact) mass is 337 g/mol. The van der Waals surface area contributed by atoms with Gasteiger partial charge in [0.1, 0.15) is 23.2 Å². The lowest BCUT2D eigenvalue weighted by Crippen LogP contribution is -2.21. The van der Waals surface area contributed by atoms with E-state index in [1.54, 1.807) is 0 Å². The summed E-state index contributed by atoms with van der Waals surface area (Å²) in [5, 5.41) is 11.8. The molecule has 0 atom stereocenters. The van der Waals surface area contributed by atoms with Crippen molar-refractivity contribution >= 4 is 17.2 Å². The number of nitrogens with two attached hydrogens (primary N) is 1. The number of thiazole rings is 1. The van der Waals surface area contributed by atoms with Crippen molar-refractivity contribution in [1.82, 2.24) is 4.98 Å². The van der Waals surface area contributed by atoms with Crippen molar-refractivity contribution in [2.45, 2.75) is 0 Å². The topological polar surface area (TPSA) is 71.6 Å². The van der Waals surface area contributed by atoms with E-state index in [9.17, 15) is 4.39 Å². The van der Waals surface area contributed by atoms with E-state index in [1.165, 1.54) is 11.3 Å². The van der Waals surface area contributed by atoms with Gasteiger partial charge in [-0.05, 0) is 24.3 Å². The third kappa shape index (κ3) is 4.75. The van der Waals surface area contributed by atoms with Crippen molar-refractivity contribution in [3.8, 4) is 16.3 Å². The fourth-order valence-corrected chi connectivity index (χ4v) is 2.71. The number of likely N-dealkylation sites (N-methyl/N-ethyl adjacent to an activating group) is 1. The predicted octanol–water partition coefficient (Wildman–Crippen LogP) is 2.43. The van der Waals surface area contributed by atoms with Crippen molar-refractivity contribution in [3.63, 3.8) is 0 Å². The van der Waals surface area contributed by atoms with Gasteiger partial charge in [0.2, 0.25) is 0 Å². The summed E-state index contributed by atoms with van der Waals surface area (Å²) < 4.78 is 17.9. The van der Waals surface area contributed by atoms with E-state index in [4.69, 9.17) is 15.6 Å². The molecule has 0 spiro atoms. The SMILES string of the molecule is CN(CCO)c1csc(-c2ccc(OC/C(=C/F)CN)cc2)n1. The molecule has 0 bridgehead atoms. The van der Waals surface area contributed by atoms with Crippen LogP contribution in [0.3, 0.4) is 0 Å². The van der Waals surface area contributed by atoms with Gasteiger partial charge in [0.25, 0.3) is 0 Å². The fraction of sp³-hybridized carbons (Fsp3) is 0.312. The Morgan fingerprint density at radius 1 is 1.43 bits per heavy atom. The molecule has 0 unspecified atom stereocenters. The molecule has 0 radical (unpaired) electrons. The summed E-state index contributed by atoms with van der Waals surface area (Å²) >= 11 is 1.54. The highest BCUT2D eigenvalue weighted by Gasteiger charge is 2.08. The Bertz CT molecular complexity index is 643. The molecule has 0 saturated carbocycles. The van der Waals surface area contributed by atoms with E-state index in [2.05, 4.69) is 4.98 Å². The van der Waals surface area contributed by atoms with Gasteiger partial charge in [-0.2, -0.15) is 0 Å². The first kappa shape index (κ1) is 17.4. The number of aromatic nitrogens is 1. The van der Waals surface area contributed by atoms with E-state index in [0.29, 0.717) is 24.2 Å². The van der Waals surface area contributed by atoms with Crippen LogP contribution in [0.25, 0.3) is 10.6 Å². The van der Waals surface area contributed by atoms with Gasteiger partial charge in [-0.15, -0.1) is 11.3 Å². The zero-order valence-electron chi connectivity index (χ0n) is 12.9. The molecule has 2 aromatic rings. The number of rotatable bonds is 8. The third-order valence-electron chi connectivity index (χ3n) is 3.26. The molecular weight excluding hydrogens is 317 g/mol. The molecule has 0 aliphatic heterocycles. The summed E-state index contributed by atoms with van der Waals surface area (Å²) in [7, 11) is 1.89. The molecule has 1 heterocycles. The Kier molecular flexibility index (Phi) is 6.52. The quantitative estimate of drug-likeness (QED) is 0.774. The van der Waals surface area contributed by atoms with Crippen molar-refractivity contribution in [3.05, 3.63) is 41.5 Å². The van der Waals surface area contributed by atoms with Crippen LogP contribution in [0.1, 0.15) is 0 Å². The van der Waals surface area contributed by atoms with Crippen LogP contribution in [0.2, 0.25) is 0 Å². The summed E-state index contributed by atoms with van der Waals surface area (Å²) in [6.07, 6.45) is 0.481. The minimum atomic E-state index is 0.0908. The highest BCUT2D eigenvalue weighted by molar-refractivity contribution is 7.13. The van der Waals surface area contributed by atoms with E-state index in [1.807, 2.05) is 41.6 Å². The molecule has 0 aliphatic rings. The van der Waals surface area contributed by atoms with E-state index in [0.717, 1.165) is 16.4 Å². The first-order valence-corrected chi connectivity index (χ1v) is 8.05. The Morgan fingerprint density at radius 3 is 2.78 bits per heavy atom. The van der Waals surface area contributed by atoms with Gasteiger partial charge in [0.15, 0.2) is 0 Å². The molecule has 0 amide bonds. The fourth-order valence-electron chi connectivity index (χ4n) is 1.84. The molecule has 5 nitrogen and oxygen atoms in total. The summed E-state index contributed by atoms with van der Waals surface area (Å²) in [5.41, 5.74) is 6.77. The molecular formula is C16H20FN3O2S. The molecule has 1 aromatic heterocycles. The molecule has 0 fully saturated rings. The van der Waals surface area contributed by atoms with Gasteiger partial charge >= 0.3 is 0 Å². The molecule has 124 valence electrons. The average molecular weight is 337 g/mol. The Labute approximate surface area is 138 Å². The van der Waals surface area contributed by atoms with Gasteiger partial charge in [-0.25, -0.2) is 9.37 Å². The summed E-state index contributed by atoms with van der Waals surface area (Å²) in [6.45, 7) is 0.909. The van der Waals surface area contributed by atoms with Crippen LogP contribution in [0.4, 0.5) is 10.2 Å². The van der Waals surface area contributed by atoms with Gasteiger partial charge < -0.3 is 20.5 Å². The lowest BCUT2D eigenvalue weighted by molar-refractivity contribution is 0.304. The van der Waals surface area contributed by atoms with Gasteiger partial charge in [0.05, 0.1) is 12.9 Å². The van der Waals surface area contributed by atoms with Crippen LogP contribution in [0.5, 0.6) is 5.75 Å². The zero-order chi connectivity index (χ0) is 16.7. The molecule has 23 heavy (non-hydrogen) atoms. The van der Waals surface area contributed by atoms with Crippen LogP contribution < -0.4 is 15.4 Å². The number of aliphatic hydroxyl groups excluding tert-OH is 1. The minimum absolute atomic E-state index is 0.0908. The Hall–Kier alpha value is -1.96. The van der Waals surface area contributed by atoms with Crippen LogP contribution in [0.15, 0.2) is 41.5 Å².